The van der Waals surface area contributed by atoms with Gasteiger partial charge in [-0.2, -0.15) is 0 Å². The largest absolute Gasteiger partial charge is 0.726 e. The van der Waals surface area contributed by atoms with E-state index in [0.717, 1.165) is 13.7 Å². The lowest BCUT2D eigenvalue weighted by molar-refractivity contribution is -0.693. The van der Waals surface area contributed by atoms with Crippen LogP contribution >= 0.6 is 0 Å². The Hall–Kier alpha value is -0.960. The summed E-state index contributed by atoms with van der Waals surface area (Å²) in [4.78, 5) is 0. The molecule has 0 unspecified atom stereocenters. The summed E-state index contributed by atoms with van der Waals surface area (Å²) in [6.07, 6.45) is 6.01. The third kappa shape index (κ3) is 8.06. The maximum atomic E-state index is 9.22. The Morgan fingerprint density at radius 1 is 1.60 bits per heavy atom. The predicted octanol–water partition coefficient (Wildman–Crippen LogP) is -1.64. The summed E-state index contributed by atoms with van der Waals surface area (Å²) in [7, 11) is -1.61. The molecule has 1 aromatic heterocycles. The first-order valence-electron chi connectivity index (χ1n) is 4.11. The van der Waals surface area contributed by atoms with Gasteiger partial charge in [0, 0.05) is 6.54 Å². The molecule has 1 heterocycles. The molecule has 0 saturated heterocycles. The van der Waals surface area contributed by atoms with Crippen molar-refractivity contribution < 1.29 is 21.7 Å². The summed E-state index contributed by atoms with van der Waals surface area (Å²) in [5.41, 5.74) is 5.34. The van der Waals surface area contributed by atoms with Crippen LogP contribution in [0.2, 0.25) is 0 Å². The fraction of sp³-hybridized carbons (Fsp3) is 0.571. The zero-order valence-electron chi connectivity index (χ0n) is 8.66. The normalized spacial score (nSPS) is 10.7. The second-order valence-corrected chi connectivity index (χ2v) is 3.83. The van der Waals surface area contributed by atoms with Gasteiger partial charge in [-0.1, -0.05) is 0 Å². The summed E-state index contributed by atoms with van der Waals surface area (Å²) < 4.78 is 35.1. The Balaban J connectivity index is 0.000000288. The van der Waals surface area contributed by atoms with E-state index in [1.165, 1.54) is 0 Å². The second kappa shape index (κ2) is 6.51. The van der Waals surface area contributed by atoms with Crippen molar-refractivity contribution in [2.24, 2.45) is 12.8 Å². The minimum absolute atomic E-state index is 0.703. The number of imidazole rings is 1. The molecule has 0 aromatic carbocycles. The highest BCUT2D eigenvalue weighted by Gasteiger charge is 1.95. The fourth-order valence-corrected chi connectivity index (χ4v) is 0.783. The number of hydrogen-bond acceptors (Lipinski definition) is 5. The molecule has 0 aliphatic rings. The molecular formula is C7H15N3O4S. The van der Waals surface area contributed by atoms with Crippen LogP contribution in [-0.2, 0) is 28.2 Å². The van der Waals surface area contributed by atoms with E-state index in [1.54, 1.807) is 0 Å². The number of nitrogens with two attached hydrogens (primary N) is 1. The number of aromatic nitrogens is 2. The highest BCUT2D eigenvalue weighted by molar-refractivity contribution is 7.80. The van der Waals surface area contributed by atoms with Gasteiger partial charge < -0.3 is 10.3 Å². The molecule has 1 rings (SSSR count). The van der Waals surface area contributed by atoms with E-state index in [4.69, 9.17) is 5.73 Å². The monoisotopic (exact) mass is 237 g/mol. The molecule has 2 N–H and O–H groups in total. The SMILES string of the molecule is COS(=O)(=O)[O-].Cn1cc[n+](CCN)c1. The lowest BCUT2D eigenvalue weighted by atomic mass is 10.6. The first-order valence-corrected chi connectivity index (χ1v) is 5.45. The van der Waals surface area contributed by atoms with Gasteiger partial charge in [0.2, 0.25) is 16.7 Å². The number of aryl methyl sites for hydroxylation is 1. The van der Waals surface area contributed by atoms with Gasteiger partial charge >= 0.3 is 0 Å². The molecule has 0 bridgehead atoms. The lowest BCUT2D eigenvalue weighted by Gasteiger charge is -1.98. The summed E-state index contributed by atoms with van der Waals surface area (Å²) in [5, 5.41) is 0. The van der Waals surface area contributed by atoms with Crippen molar-refractivity contribution in [1.29, 1.82) is 0 Å². The van der Waals surface area contributed by atoms with Gasteiger partial charge in [-0.25, -0.2) is 17.6 Å². The number of nitrogens with zero attached hydrogens (tertiary/aromatic N) is 2. The van der Waals surface area contributed by atoms with Crippen LogP contribution in [0.5, 0.6) is 0 Å². The molecule has 0 aliphatic carbocycles. The molecule has 0 saturated carbocycles. The van der Waals surface area contributed by atoms with Crippen molar-refractivity contribution >= 4 is 10.4 Å². The van der Waals surface area contributed by atoms with Crippen LogP contribution < -0.4 is 10.3 Å². The summed E-state index contributed by atoms with van der Waals surface area (Å²) in [5.74, 6) is 0. The Morgan fingerprint density at radius 2 is 2.13 bits per heavy atom. The van der Waals surface area contributed by atoms with Crippen LogP contribution in [0.4, 0.5) is 0 Å². The van der Waals surface area contributed by atoms with Gasteiger partial charge in [0.1, 0.15) is 18.9 Å². The van der Waals surface area contributed by atoms with Crippen LogP contribution in [0.25, 0.3) is 0 Å². The first-order chi connectivity index (χ1) is 6.89. The molecule has 88 valence electrons. The van der Waals surface area contributed by atoms with Crippen molar-refractivity contribution in [3.05, 3.63) is 18.7 Å². The van der Waals surface area contributed by atoms with E-state index in [0.29, 0.717) is 6.54 Å². The van der Waals surface area contributed by atoms with Gasteiger partial charge in [0.15, 0.2) is 0 Å². The molecule has 0 aliphatic heterocycles. The maximum absolute atomic E-state index is 9.22. The van der Waals surface area contributed by atoms with Crippen LogP contribution in [0.1, 0.15) is 0 Å². The number of rotatable bonds is 3. The summed E-state index contributed by atoms with van der Waals surface area (Å²) >= 11 is 0. The number of hydrogen-bond donors (Lipinski definition) is 1. The van der Waals surface area contributed by atoms with Crippen LogP contribution in [0, 0.1) is 0 Å². The van der Waals surface area contributed by atoms with E-state index in [9.17, 15) is 13.0 Å². The van der Waals surface area contributed by atoms with Gasteiger partial charge in [0.05, 0.1) is 14.2 Å². The van der Waals surface area contributed by atoms with Gasteiger partial charge in [0.25, 0.3) is 0 Å². The second-order valence-electron chi connectivity index (χ2n) is 2.68. The minimum atomic E-state index is -4.41. The molecule has 0 atom stereocenters. The molecule has 15 heavy (non-hydrogen) atoms. The Bertz CT molecular complexity index is 373. The Kier molecular flexibility index (Phi) is 6.09. The minimum Gasteiger partial charge on any atom is -0.726 e. The highest BCUT2D eigenvalue weighted by Crippen LogP contribution is 1.75. The quantitative estimate of drug-likeness (QED) is 0.386. The Morgan fingerprint density at radius 3 is 2.40 bits per heavy atom. The lowest BCUT2D eigenvalue weighted by Crippen LogP contribution is -2.35. The Labute approximate surface area is 89.0 Å². The van der Waals surface area contributed by atoms with Crippen molar-refractivity contribution in [2.75, 3.05) is 13.7 Å². The van der Waals surface area contributed by atoms with Gasteiger partial charge in [-0.05, 0) is 0 Å². The zero-order valence-corrected chi connectivity index (χ0v) is 9.48. The van der Waals surface area contributed by atoms with Crippen molar-refractivity contribution in [3.63, 3.8) is 0 Å². The standard InChI is InChI=1S/C6H12N3.CH4O4S/c1-8-4-5-9(6-8)3-2-7;1-5-6(2,3)4/h4-6H,2-3,7H2,1H3;1H3,(H,2,3,4)/q+1;/p-1. The van der Waals surface area contributed by atoms with E-state index in [-0.39, 0.29) is 0 Å². The molecule has 8 heteroatoms. The molecular weight excluding hydrogens is 222 g/mol. The van der Waals surface area contributed by atoms with Gasteiger partial charge in [-0.3, -0.25) is 4.18 Å². The smallest absolute Gasteiger partial charge is 0.243 e. The third-order valence-electron chi connectivity index (χ3n) is 1.42. The topological polar surface area (TPSA) is 101 Å². The molecule has 7 nitrogen and oxygen atoms in total. The molecule has 0 fully saturated rings. The fourth-order valence-electron chi connectivity index (χ4n) is 0.783. The van der Waals surface area contributed by atoms with E-state index >= 15 is 0 Å². The summed E-state index contributed by atoms with van der Waals surface area (Å²) in [6.45, 7) is 1.61. The van der Waals surface area contributed by atoms with E-state index < -0.39 is 10.4 Å². The molecule has 1 aromatic rings. The average molecular weight is 237 g/mol. The molecule has 0 spiro atoms. The average Bonchev–Trinajstić information content (AvgIpc) is 2.52. The maximum Gasteiger partial charge on any atom is 0.243 e. The van der Waals surface area contributed by atoms with Crippen LogP contribution in [-0.4, -0.2) is 31.2 Å². The van der Waals surface area contributed by atoms with Gasteiger partial charge in [-0.15, -0.1) is 0 Å². The predicted molar refractivity (Wildman–Crippen MR) is 51.4 cm³/mol. The van der Waals surface area contributed by atoms with Crippen molar-refractivity contribution in [3.8, 4) is 0 Å². The van der Waals surface area contributed by atoms with E-state index in [1.807, 2.05) is 30.3 Å². The first kappa shape index (κ1) is 14.0. The zero-order chi connectivity index (χ0) is 11.9. The molecule has 0 amide bonds. The van der Waals surface area contributed by atoms with Crippen LogP contribution in [0.3, 0.4) is 0 Å². The summed E-state index contributed by atoms with van der Waals surface area (Å²) in [6, 6.07) is 0. The van der Waals surface area contributed by atoms with Crippen LogP contribution in [0.15, 0.2) is 18.7 Å². The van der Waals surface area contributed by atoms with Crippen molar-refractivity contribution in [1.82, 2.24) is 4.57 Å². The van der Waals surface area contributed by atoms with Crippen molar-refractivity contribution in [2.45, 2.75) is 6.54 Å². The van der Waals surface area contributed by atoms with E-state index in [2.05, 4.69) is 8.75 Å². The molecule has 0 radical (unpaired) electrons. The highest BCUT2D eigenvalue weighted by atomic mass is 32.3. The third-order valence-corrected chi connectivity index (χ3v) is 1.82.